The quantitative estimate of drug-likeness (QED) is 0.556. The van der Waals surface area contributed by atoms with Crippen LogP contribution in [0.4, 0.5) is 0 Å². The summed E-state index contributed by atoms with van der Waals surface area (Å²) in [5.41, 5.74) is 0. The Morgan fingerprint density at radius 3 is 2.55 bits per heavy atom. The van der Waals surface area contributed by atoms with Crippen LogP contribution in [0.3, 0.4) is 0 Å². The van der Waals surface area contributed by atoms with Gasteiger partial charge in [0.2, 0.25) is 17.7 Å². The van der Waals surface area contributed by atoms with Gasteiger partial charge >= 0.3 is 0 Å². The van der Waals surface area contributed by atoms with Gasteiger partial charge in [0.1, 0.15) is 17.5 Å². The highest BCUT2D eigenvalue weighted by molar-refractivity contribution is 7.93. The highest BCUT2D eigenvalue weighted by Gasteiger charge is 2.67. The van der Waals surface area contributed by atoms with Crippen molar-refractivity contribution < 1.29 is 27.9 Å². The Kier molecular flexibility index (Phi) is 5.72. The molecular formula is C19H31N3O6S. The predicted octanol–water partition coefficient (Wildman–Crippen LogP) is -0.365. The number of nitrogens with zero attached hydrogens (tertiary/aromatic N) is 2. The minimum atomic E-state index is -3.69. The van der Waals surface area contributed by atoms with Crippen LogP contribution in [0, 0.1) is 5.92 Å². The molecule has 0 aromatic carbocycles. The maximum absolute atomic E-state index is 13.2. The highest BCUT2D eigenvalue weighted by atomic mass is 32.2. The first-order valence-electron chi connectivity index (χ1n) is 10.2. The average molecular weight is 430 g/mol. The summed E-state index contributed by atoms with van der Waals surface area (Å²) in [6.45, 7) is 7.05. The number of nitrogens with one attached hydrogen (secondary N) is 1. The number of amides is 3. The fourth-order valence-corrected chi connectivity index (χ4v) is 6.80. The number of sulfone groups is 1. The molecule has 3 aliphatic heterocycles. The summed E-state index contributed by atoms with van der Waals surface area (Å²) in [7, 11) is -3.69. The van der Waals surface area contributed by atoms with Crippen LogP contribution in [-0.2, 0) is 24.2 Å². The van der Waals surface area contributed by atoms with Gasteiger partial charge in [-0.15, -0.1) is 0 Å². The van der Waals surface area contributed by atoms with Crippen molar-refractivity contribution >= 4 is 27.6 Å². The van der Waals surface area contributed by atoms with Gasteiger partial charge < -0.3 is 20.2 Å². The molecular weight excluding hydrogens is 398 g/mol. The maximum atomic E-state index is 13.2. The number of aliphatic hydroxyl groups excluding tert-OH is 1. The molecule has 0 radical (unpaired) electrons. The Balaban J connectivity index is 1.85. The van der Waals surface area contributed by atoms with Gasteiger partial charge in [-0.05, 0) is 32.6 Å². The molecule has 10 heteroatoms. The SMILES string of the molecule is CCC(C)C(NC(=O)C1N2C(=O)CC2S(=O)(=O)C1(C)C)C(=O)N1CCCC1CO. The number of β-lactam (4-membered cyclic amide) rings is 1. The van der Waals surface area contributed by atoms with Gasteiger partial charge in [-0.1, -0.05) is 20.3 Å². The van der Waals surface area contributed by atoms with Crippen molar-refractivity contribution in [3.63, 3.8) is 0 Å². The number of hydrogen-bond acceptors (Lipinski definition) is 6. The highest BCUT2D eigenvalue weighted by Crippen LogP contribution is 2.45. The fraction of sp³-hybridized carbons (Fsp3) is 0.842. The first-order chi connectivity index (χ1) is 13.5. The van der Waals surface area contributed by atoms with Crippen molar-refractivity contribution in [2.24, 2.45) is 5.92 Å². The normalized spacial score (nSPS) is 31.8. The van der Waals surface area contributed by atoms with Crippen molar-refractivity contribution in [1.82, 2.24) is 15.1 Å². The minimum absolute atomic E-state index is 0.102. The van der Waals surface area contributed by atoms with Gasteiger partial charge in [0.25, 0.3) is 0 Å². The Hall–Kier alpha value is -1.68. The van der Waals surface area contributed by atoms with Crippen molar-refractivity contribution in [2.45, 2.75) is 81.6 Å². The van der Waals surface area contributed by atoms with E-state index in [2.05, 4.69) is 5.32 Å². The van der Waals surface area contributed by atoms with Crippen LogP contribution in [0.1, 0.15) is 53.4 Å². The number of aliphatic hydroxyl groups is 1. The molecule has 2 N–H and O–H groups in total. The lowest BCUT2D eigenvalue weighted by molar-refractivity contribution is -0.151. The van der Waals surface area contributed by atoms with E-state index in [-0.39, 0.29) is 36.8 Å². The van der Waals surface area contributed by atoms with Gasteiger partial charge in [-0.25, -0.2) is 8.42 Å². The summed E-state index contributed by atoms with van der Waals surface area (Å²) in [6.07, 6.45) is 2.03. The van der Waals surface area contributed by atoms with Crippen LogP contribution in [0.5, 0.6) is 0 Å². The molecule has 9 nitrogen and oxygen atoms in total. The standard InChI is InChI=1S/C19H31N3O6S/c1-5-11(2)15(18(26)21-8-6-7-12(21)10-23)20-17(25)16-19(3,4)29(27,28)14-9-13(24)22(14)16/h11-12,14-16,23H,5-10H2,1-4H3,(H,20,25). The van der Waals surface area contributed by atoms with Crippen molar-refractivity contribution in [3.8, 4) is 0 Å². The Morgan fingerprint density at radius 1 is 1.34 bits per heavy atom. The summed E-state index contributed by atoms with van der Waals surface area (Å²) in [6, 6.07) is -2.27. The zero-order chi connectivity index (χ0) is 21.7. The largest absolute Gasteiger partial charge is 0.394 e. The van der Waals surface area contributed by atoms with E-state index in [0.29, 0.717) is 19.4 Å². The number of hydrogen-bond donors (Lipinski definition) is 2. The number of rotatable bonds is 6. The number of carbonyl (C=O) groups excluding carboxylic acids is 3. The van der Waals surface area contributed by atoms with E-state index >= 15 is 0 Å². The summed E-state index contributed by atoms with van der Waals surface area (Å²) < 4.78 is 24.1. The molecule has 3 rings (SSSR count). The third-order valence-corrected chi connectivity index (χ3v) is 9.67. The third-order valence-electron chi connectivity index (χ3n) is 6.87. The zero-order valence-electron chi connectivity index (χ0n) is 17.4. The average Bonchev–Trinajstić information content (AvgIpc) is 3.18. The molecule has 0 aliphatic carbocycles. The molecule has 3 heterocycles. The van der Waals surface area contributed by atoms with Gasteiger partial charge in [0, 0.05) is 6.54 Å². The van der Waals surface area contributed by atoms with Crippen LogP contribution in [0.2, 0.25) is 0 Å². The molecule has 3 amide bonds. The van der Waals surface area contributed by atoms with E-state index in [1.165, 1.54) is 13.8 Å². The molecule has 3 aliphatic rings. The third kappa shape index (κ3) is 3.24. The smallest absolute Gasteiger partial charge is 0.245 e. The summed E-state index contributed by atoms with van der Waals surface area (Å²) in [4.78, 5) is 41.2. The van der Waals surface area contributed by atoms with Crippen molar-refractivity contribution in [1.29, 1.82) is 0 Å². The van der Waals surface area contributed by atoms with E-state index in [4.69, 9.17) is 0 Å². The molecule has 0 aromatic rings. The first kappa shape index (κ1) is 22.0. The molecule has 164 valence electrons. The van der Waals surface area contributed by atoms with Crippen molar-refractivity contribution in [2.75, 3.05) is 13.2 Å². The van der Waals surface area contributed by atoms with Crippen molar-refractivity contribution in [3.05, 3.63) is 0 Å². The van der Waals surface area contributed by atoms with E-state index in [9.17, 15) is 27.9 Å². The van der Waals surface area contributed by atoms with Crippen LogP contribution in [0.25, 0.3) is 0 Å². The lowest BCUT2D eigenvalue weighted by Crippen LogP contribution is -2.62. The molecule has 0 saturated carbocycles. The summed E-state index contributed by atoms with van der Waals surface area (Å²) in [5, 5.41) is 11.3. The van der Waals surface area contributed by atoms with Gasteiger partial charge in [0.15, 0.2) is 9.84 Å². The second kappa shape index (κ2) is 7.54. The lowest BCUT2D eigenvalue weighted by Gasteiger charge is -2.38. The van der Waals surface area contributed by atoms with E-state index in [0.717, 1.165) is 11.3 Å². The molecule has 5 unspecified atom stereocenters. The number of carbonyl (C=O) groups is 3. The minimum Gasteiger partial charge on any atom is -0.394 e. The molecule has 29 heavy (non-hydrogen) atoms. The fourth-order valence-electron chi connectivity index (χ4n) is 4.66. The second-order valence-electron chi connectivity index (χ2n) is 8.89. The van der Waals surface area contributed by atoms with Crippen LogP contribution in [-0.4, -0.2) is 82.4 Å². The van der Waals surface area contributed by atoms with E-state index in [1.807, 2.05) is 13.8 Å². The number of fused-ring (bicyclic) bond motifs is 1. The molecule has 3 saturated heterocycles. The van der Waals surface area contributed by atoms with Crippen LogP contribution >= 0.6 is 0 Å². The van der Waals surface area contributed by atoms with Gasteiger partial charge in [-0.3, -0.25) is 14.4 Å². The molecule has 0 spiro atoms. The van der Waals surface area contributed by atoms with E-state index in [1.54, 1.807) is 4.90 Å². The predicted molar refractivity (Wildman–Crippen MR) is 105 cm³/mol. The number of likely N-dealkylation sites (tertiary alicyclic amines) is 1. The Morgan fingerprint density at radius 2 is 2.00 bits per heavy atom. The van der Waals surface area contributed by atoms with Gasteiger partial charge in [-0.2, -0.15) is 0 Å². The maximum Gasteiger partial charge on any atom is 0.245 e. The van der Waals surface area contributed by atoms with Gasteiger partial charge in [0.05, 0.1) is 23.8 Å². The molecule has 3 fully saturated rings. The molecule has 0 bridgehead atoms. The summed E-state index contributed by atoms with van der Waals surface area (Å²) >= 11 is 0. The zero-order valence-corrected chi connectivity index (χ0v) is 18.2. The Bertz CT molecular complexity index is 811. The van der Waals surface area contributed by atoms with Crippen LogP contribution in [0.15, 0.2) is 0 Å². The molecule has 5 atom stereocenters. The second-order valence-corrected chi connectivity index (χ2v) is 11.6. The lowest BCUT2D eigenvalue weighted by atomic mass is 9.94. The van der Waals surface area contributed by atoms with Crippen LogP contribution < -0.4 is 5.32 Å². The Labute approximate surface area is 171 Å². The molecule has 0 aromatic heterocycles. The van der Waals surface area contributed by atoms with E-state index < -0.39 is 37.9 Å². The topological polar surface area (TPSA) is 124 Å². The first-order valence-corrected chi connectivity index (χ1v) is 11.8. The summed E-state index contributed by atoms with van der Waals surface area (Å²) in [5.74, 6) is -1.44. The monoisotopic (exact) mass is 429 g/mol.